The fraction of sp³-hybridized carbons (Fsp3) is 0.360. The molecule has 0 N–H and O–H groups in total. The Morgan fingerprint density at radius 2 is 1.83 bits per heavy atom. The van der Waals surface area contributed by atoms with Crippen molar-refractivity contribution >= 4 is 16.9 Å². The van der Waals surface area contributed by atoms with Gasteiger partial charge in [0, 0.05) is 6.54 Å². The number of rotatable bonds is 8. The van der Waals surface area contributed by atoms with E-state index in [2.05, 4.69) is 13.8 Å². The van der Waals surface area contributed by atoms with E-state index >= 15 is 0 Å². The predicted molar refractivity (Wildman–Crippen MR) is 117 cm³/mol. The molecule has 4 rings (SSSR count). The van der Waals surface area contributed by atoms with Gasteiger partial charge in [-0.05, 0) is 42.7 Å². The average molecular weight is 405 g/mol. The Kier molecular flexibility index (Phi) is 5.88. The van der Waals surface area contributed by atoms with E-state index in [1.54, 1.807) is 17.0 Å². The first kappa shape index (κ1) is 20.2. The van der Waals surface area contributed by atoms with Crippen molar-refractivity contribution in [2.75, 3.05) is 13.2 Å². The lowest BCUT2D eigenvalue weighted by Gasteiger charge is -2.25. The lowest BCUT2D eigenvalue weighted by molar-refractivity contribution is 0.0724. The summed E-state index contributed by atoms with van der Waals surface area (Å²) >= 11 is 0. The third-order valence-electron chi connectivity index (χ3n) is 5.52. The van der Waals surface area contributed by atoms with Gasteiger partial charge in [-0.25, -0.2) is 0 Å². The summed E-state index contributed by atoms with van der Waals surface area (Å²) < 4.78 is 11.8. The number of para-hydroxylation sites is 1. The SMILES string of the molecule is CCCCCN1C(=O)c2oc3ccccc3c(=O)c2C1c1cccc(OCCC)c1. The monoisotopic (exact) mass is 405 g/mol. The first-order chi connectivity index (χ1) is 14.7. The molecule has 1 unspecified atom stereocenters. The number of hydrogen-bond acceptors (Lipinski definition) is 4. The maximum absolute atomic E-state index is 13.4. The van der Waals surface area contributed by atoms with Crippen LogP contribution in [-0.4, -0.2) is 24.0 Å². The lowest BCUT2D eigenvalue weighted by atomic mass is 9.98. The normalized spacial score (nSPS) is 15.6. The van der Waals surface area contributed by atoms with E-state index in [1.807, 2.05) is 36.4 Å². The Morgan fingerprint density at radius 3 is 2.63 bits per heavy atom. The smallest absolute Gasteiger partial charge is 0.290 e. The van der Waals surface area contributed by atoms with E-state index in [9.17, 15) is 9.59 Å². The summed E-state index contributed by atoms with van der Waals surface area (Å²) in [6, 6.07) is 14.4. The minimum absolute atomic E-state index is 0.136. The zero-order valence-electron chi connectivity index (χ0n) is 17.5. The fourth-order valence-corrected chi connectivity index (χ4v) is 4.07. The second-order valence-electron chi connectivity index (χ2n) is 7.70. The van der Waals surface area contributed by atoms with Gasteiger partial charge in [0.1, 0.15) is 11.3 Å². The summed E-state index contributed by atoms with van der Waals surface area (Å²) in [6.07, 6.45) is 3.87. The molecule has 3 aromatic rings. The molecule has 156 valence electrons. The Balaban J connectivity index is 1.85. The number of carbonyl (C=O) groups excluding carboxylic acids is 1. The van der Waals surface area contributed by atoms with Crippen molar-refractivity contribution in [2.24, 2.45) is 0 Å². The molecule has 0 bridgehead atoms. The highest BCUT2D eigenvalue weighted by Crippen LogP contribution is 2.39. The molecule has 2 heterocycles. The van der Waals surface area contributed by atoms with Crippen LogP contribution in [0, 0.1) is 0 Å². The molecule has 1 amide bonds. The minimum atomic E-state index is -0.463. The molecular formula is C25H27NO4. The average Bonchev–Trinajstić information content (AvgIpc) is 3.05. The molecule has 5 heteroatoms. The molecule has 1 aliphatic rings. The van der Waals surface area contributed by atoms with Crippen molar-refractivity contribution in [1.29, 1.82) is 0 Å². The number of carbonyl (C=O) groups is 1. The number of fused-ring (bicyclic) bond motifs is 2. The lowest BCUT2D eigenvalue weighted by Crippen LogP contribution is -2.30. The van der Waals surface area contributed by atoms with Crippen LogP contribution in [-0.2, 0) is 0 Å². The van der Waals surface area contributed by atoms with E-state index in [1.165, 1.54) is 0 Å². The van der Waals surface area contributed by atoms with E-state index in [0.29, 0.717) is 29.7 Å². The van der Waals surface area contributed by atoms with E-state index < -0.39 is 6.04 Å². The molecule has 1 aliphatic heterocycles. The van der Waals surface area contributed by atoms with Crippen LogP contribution in [0.15, 0.2) is 57.7 Å². The Morgan fingerprint density at radius 1 is 1.00 bits per heavy atom. The van der Waals surface area contributed by atoms with Crippen molar-refractivity contribution in [3.63, 3.8) is 0 Å². The van der Waals surface area contributed by atoms with E-state index in [4.69, 9.17) is 9.15 Å². The van der Waals surface area contributed by atoms with Gasteiger partial charge in [0.25, 0.3) is 5.91 Å². The number of nitrogens with zero attached hydrogens (tertiary/aromatic N) is 1. The molecule has 0 radical (unpaired) electrons. The van der Waals surface area contributed by atoms with Gasteiger partial charge < -0.3 is 14.1 Å². The van der Waals surface area contributed by atoms with Gasteiger partial charge in [-0.3, -0.25) is 9.59 Å². The van der Waals surface area contributed by atoms with Gasteiger partial charge in [-0.15, -0.1) is 0 Å². The third kappa shape index (κ3) is 3.60. The maximum Gasteiger partial charge on any atom is 0.290 e. The predicted octanol–water partition coefficient (Wildman–Crippen LogP) is 5.32. The molecule has 1 aromatic heterocycles. The van der Waals surface area contributed by atoms with Crippen molar-refractivity contribution in [3.05, 3.63) is 75.6 Å². The van der Waals surface area contributed by atoms with Gasteiger partial charge in [0.05, 0.1) is 23.6 Å². The summed E-state index contributed by atoms with van der Waals surface area (Å²) in [6.45, 7) is 5.39. The summed E-state index contributed by atoms with van der Waals surface area (Å²) in [5.41, 5.74) is 1.62. The van der Waals surface area contributed by atoms with Crippen LogP contribution < -0.4 is 10.2 Å². The second-order valence-corrected chi connectivity index (χ2v) is 7.70. The van der Waals surface area contributed by atoms with Crippen LogP contribution in [0.25, 0.3) is 11.0 Å². The first-order valence-corrected chi connectivity index (χ1v) is 10.7. The number of unbranched alkanes of at least 4 members (excludes halogenated alkanes) is 2. The van der Waals surface area contributed by atoms with Gasteiger partial charge in [-0.1, -0.05) is 51.0 Å². The molecule has 0 spiro atoms. The van der Waals surface area contributed by atoms with Crippen molar-refractivity contribution in [3.8, 4) is 5.75 Å². The summed E-state index contributed by atoms with van der Waals surface area (Å²) in [5.74, 6) is 0.697. The van der Waals surface area contributed by atoms with E-state index in [-0.39, 0.29) is 17.1 Å². The van der Waals surface area contributed by atoms with Gasteiger partial charge in [0.2, 0.25) is 5.76 Å². The molecule has 0 aliphatic carbocycles. The zero-order valence-corrected chi connectivity index (χ0v) is 17.5. The maximum atomic E-state index is 13.4. The van der Waals surface area contributed by atoms with Gasteiger partial charge >= 0.3 is 0 Å². The number of hydrogen-bond donors (Lipinski definition) is 0. The second kappa shape index (κ2) is 8.74. The van der Waals surface area contributed by atoms with Crippen LogP contribution in [0.5, 0.6) is 5.75 Å². The van der Waals surface area contributed by atoms with Crippen LogP contribution in [0.4, 0.5) is 0 Å². The van der Waals surface area contributed by atoms with Crippen LogP contribution in [0.3, 0.4) is 0 Å². The molecule has 5 nitrogen and oxygen atoms in total. The summed E-state index contributed by atoms with van der Waals surface area (Å²) in [5, 5.41) is 0.503. The minimum Gasteiger partial charge on any atom is -0.494 e. The molecule has 1 atom stereocenters. The Labute approximate surface area is 176 Å². The fourth-order valence-electron chi connectivity index (χ4n) is 4.07. The third-order valence-corrected chi connectivity index (χ3v) is 5.52. The zero-order chi connectivity index (χ0) is 21.1. The number of ether oxygens (including phenoxy) is 1. The highest BCUT2D eigenvalue weighted by Gasteiger charge is 2.42. The molecule has 2 aromatic carbocycles. The Bertz CT molecular complexity index is 1120. The molecular weight excluding hydrogens is 378 g/mol. The highest BCUT2D eigenvalue weighted by molar-refractivity contribution is 5.99. The Hall–Kier alpha value is -3.08. The van der Waals surface area contributed by atoms with Crippen molar-refractivity contribution < 1.29 is 13.9 Å². The summed E-state index contributed by atoms with van der Waals surface area (Å²) in [7, 11) is 0. The quantitative estimate of drug-likeness (QED) is 0.476. The largest absolute Gasteiger partial charge is 0.494 e. The van der Waals surface area contributed by atoms with Gasteiger partial charge in [-0.2, -0.15) is 0 Å². The summed E-state index contributed by atoms with van der Waals surface area (Å²) in [4.78, 5) is 28.5. The number of benzene rings is 2. The molecule has 30 heavy (non-hydrogen) atoms. The highest BCUT2D eigenvalue weighted by atomic mass is 16.5. The topological polar surface area (TPSA) is 59.8 Å². The van der Waals surface area contributed by atoms with Crippen LogP contribution >= 0.6 is 0 Å². The first-order valence-electron chi connectivity index (χ1n) is 10.7. The molecule has 0 saturated carbocycles. The molecule has 0 saturated heterocycles. The van der Waals surface area contributed by atoms with Crippen LogP contribution in [0.1, 0.15) is 67.3 Å². The molecule has 0 fully saturated rings. The van der Waals surface area contributed by atoms with Gasteiger partial charge in [0.15, 0.2) is 5.43 Å². The van der Waals surface area contributed by atoms with Crippen LogP contribution in [0.2, 0.25) is 0 Å². The van der Waals surface area contributed by atoms with Crippen molar-refractivity contribution in [2.45, 2.75) is 45.6 Å². The standard InChI is InChI=1S/C25H27NO4/c1-3-5-8-14-26-22(17-10-9-11-18(16-17)29-15-4-2)21-23(27)19-12-6-7-13-20(19)30-24(21)25(26)28/h6-7,9-13,16,22H,3-5,8,14-15H2,1-2H3. The van der Waals surface area contributed by atoms with Crippen molar-refractivity contribution in [1.82, 2.24) is 4.90 Å². The van der Waals surface area contributed by atoms with E-state index in [0.717, 1.165) is 37.0 Å². The number of amides is 1.